The number of amides is 1. The molecule has 3 saturated heterocycles. The number of hydrogen-bond donors (Lipinski definition) is 14. The van der Waals surface area contributed by atoms with Gasteiger partial charge in [0.05, 0.1) is 48.8 Å². The lowest BCUT2D eigenvalue weighted by molar-refractivity contribution is -0.392. The first-order valence-electron chi connectivity index (χ1n) is 25.5. The standard InChI is InChI=1S/C50H87NO20/c1-22(18-26(56)42(63)47(6,7)64)12-11-15-50(10,65)41-25(55)19-30-48(8)17-14-31(46(4,5)29(48)13-16-49(30,41)9)69-45-40(38(62)35(59)28(21-53)68-45)71-44-39(37(61)33(57)23(2)66-44)70-43-32(51-24(3)54)36(60)34(58)27(20-52)67-43/h12,23,25-45,52-53,55-65H,11,13-21H2,1-10H3,(H,51,54)/b22-12+/t23-,25+,26-,27+,28+,29-,30+,31-,32+,33-,34+,35+,36+,37+,38-,39+,40+,41+,42-,43-,44-,45-,48-,49+,50+/m0/s1. The topological polar surface area (TPSA) is 347 Å². The van der Waals surface area contributed by atoms with E-state index in [9.17, 15) is 71.2 Å². The lowest BCUT2D eigenvalue weighted by Gasteiger charge is -2.64. The first-order valence-corrected chi connectivity index (χ1v) is 25.5. The summed E-state index contributed by atoms with van der Waals surface area (Å²) in [6, 6.07) is -1.45. The molecule has 0 spiro atoms. The van der Waals surface area contributed by atoms with Gasteiger partial charge >= 0.3 is 0 Å². The molecular weight excluding hydrogens is 935 g/mol. The van der Waals surface area contributed by atoms with Gasteiger partial charge in [0.1, 0.15) is 73.2 Å². The predicted octanol–water partition coefficient (Wildman–Crippen LogP) is -1.41. The van der Waals surface area contributed by atoms with Crippen molar-refractivity contribution in [1.82, 2.24) is 5.32 Å². The molecule has 0 aromatic carbocycles. The third-order valence-electron chi connectivity index (χ3n) is 17.8. The Morgan fingerprint density at radius 2 is 1.27 bits per heavy atom. The van der Waals surface area contributed by atoms with Crippen molar-refractivity contribution in [2.75, 3.05) is 13.2 Å². The van der Waals surface area contributed by atoms with E-state index in [-0.39, 0.29) is 23.7 Å². The predicted molar refractivity (Wildman–Crippen MR) is 250 cm³/mol. The number of hydrogen-bond acceptors (Lipinski definition) is 20. The number of nitrogens with one attached hydrogen (secondary N) is 1. The van der Waals surface area contributed by atoms with Crippen LogP contribution in [0.15, 0.2) is 11.6 Å². The number of carbonyl (C=O) groups is 1. The van der Waals surface area contributed by atoms with Crippen LogP contribution < -0.4 is 5.32 Å². The first kappa shape index (κ1) is 58.7. The molecule has 21 heteroatoms. The van der Waals surface area contributed by atoms with Crippen LogP contribution in [0.4, 0.5) is 0 Å². The minimum atomic E-state index is -1.78. The van der Waals surface area contributed by atoms with E-state index in [1.807, 2.05) is 13.0 Å². The van der Waals surface area contributed by atoms with E-state index < -0.39 is 164 Å². The summed E-state index contributed by atoms with van der Waals surface area (Å²) in [5.41, 5.74) is -3.30. The van der Waals surface area contributed by atoms with Crippen LogP contribution in [0.1, 0.15) is 121 Å². The summed E-state index contributed by atoms with van der Waals surface area (Å²) in [5, 5.41) is 145. The van der Waals surface area contributed by atoms with Crippen molar-refractivity contribution in [3.8, 4) is 0 Å². The fourth-order valence-corrected chi connectivity index (χ4v) is 14.0. The quantitative estimate of drug-likeness (QED) is 0.0588. The van der Waals surface area contributed by atoms with Crippen molar-refractivity contribution in [2.45, 2.75) is 248 Å². The summed E-state index contributed by atoms with van der Waals surface area (Å²) < 4.78 is 37.2. The molecule has 25 atom stereocenters. The molecule has 412 valence electrons. The monoisotopic (exact) mass is 1020 g/mol. The van der Waals surface area contributed by atoms with Crippen molar-refractivity contribution >= 4 is 5.91 Å². The Morgan fingerprint density at radius 3 is 1.85 bits per heavy atom. The molecule has 3 saturated carbocycles. The normalized spacial score (nSPS) is 46.9. The van der Waals surface area contributed by atoms with Crippen LogP contribution in [0.25, 0.3) is 0 Å². The highest BCUT2D eigenvalue weighted by molar-refractivity contribution is 5.73. The van der Waals surface area contributed by atoms with Gasteiger partial charge in [0.25, 0.3) is 0 Å². The van der Waals surface area contributed by atoms with E-state index in [4.69, 9.17) is 28.4 Å². The SMILES string of the molecule is CC(=O)N[C@H]1[C@H](O[C@H]2[C@H](O[C@H]3[C@H](O[C@H]4CC[C@]5(C)[C@H]6C[C@@H](O)[C@@H]([C@](C)(O)CC/C=C(\C)C[C@H](O)[C@H](O)C(C)(C)O)[C@]6(C)CC[C@H]5C4(C)C)O[C@H](CO)[C@@H](O)[C@@H]3O)O[C@@H](C)[C@H](O)[C@H]2O)O[C@H](CO)[C@@H](O)[C@@H]1O. The smallest absolute Gasteiger partial charge is 0.217 e. The maximum Gasteiger partial charge on any atom is 0.217 e. The molecule has 1 amide bonds. The number of aliphatic hydroxyl groups is 13. The molecule has 0 aromatic heterocycles. The van der Waals surface area contributed by atoms with Gasteiger partial charge in [-0.15, -0.1) is 0 Å². The molecule has 71 heavy (non-hydrogen) atoms. The van der Waals surface area contributed by atoms with E-state index in [2.05, 4.69) is 33.0 Å². The second-order valence-corrected chi connectivity index (χ2v) is 23.8. The van der Waals surface area contributed by atoms with E-state index >= 15 is 0 Å². The summed E-state index contributed by atoms with van der Waals surface area (Å²) in [5.74, 6) is -1.06. The van der Waals surface area contributed by atoms with Crippen molar-refractivity contribution in [2.24, 2.45) is 34.0 Å². The van der Waals surface area contributed by atoms with Gasteiger partial charge in [-0.3, -0.25) is 4.79 Å². The largest absolute Gasteiger partial charge is 0.394 e. The van der Waals surface area contributed by atoms with Crippen molar-refractivity contribution in [3.63, 3.8) is 0 Å². The summed E-state index contributed by atoms with van der Waals surface area (Å²) in [6.45, 7) is 16.2. The molecule has 3 aliphatic carbocycles. The zero-order valence-electron chi connectivity index (χ0n) is 43.0. The van der Waals surface area contributed by atoms with Crippen molar-refractivity contribution < 1.29 is 99.6 Å². The van der Waals surface area contributed by atoms with Gasteiger partial charge in [-0.05, 0) is 114 Å². The van der Waals surface area contributed by atoms with Crippen LogP contribution in [-0.2, 0) is 33.2 Å². The van der Waals surface area contributed by atoms with Gasteiger partial charge in [0, 0.05) is 12.8 Å². The van der Waals surface area contributed by atoms with Gasteiger partial charge in [0.15, 0.2) is 18.9 Å². The number of carbonyl (C=O) groups excluding carboxylic acids is 1. The molecule has 3 heterocycles. The summed E-state index contributed by atoms with van der Waals surface area (Å²) in [6.07, 6.45) is -20.0. The Labute approximate surface area is 417 Å². The van der Waals surface area contributed by atoms with Crippen LogP contribution in [0, 0.1) is 34.0 Å². The molecule has 0 radical (unpaired) electrons. The van der Waals surface area contributed by atoms with Crippen LogP contribution in [0.3, 0.4) is 0 Å². The van der Waals surface area contributed by atoms with Gasteiger partial charge in [-0.1, -0.05) is 39.3 Å². The third kappa shape index (κ3) is 11.6. The minimum absolute atomic E-state index is 0.00789. The summed E-state index contributed by atoms with van der Waals surface area (Å²) >= 11 is 0. The average Bonchev–Trinajstić information content (AvgIpc) is 3.57. The Bertz CT molecular complexity index is 1820. The Balaban J connectivity index is 1.20. The Hall–Kier alpha value is -1.55. The van der Waals surface area contributed by atoms with Crippen LogP contribution in [-0.4, -0.2) is 213 Å². The lowest BCUT2D eigenvalue weighted by atomic mass is 9.42. The molecule has 6 rings (SSSR count). The third-order valence-corrected chi connectivity index (χ3v) is 17.8. The van der Waals surface area contributed by atoms with Gasteiger partial charge in [0.2, 0.25) is 5.91 Å². The van der Waals surface area contributed by atoms with E-state index in [1.54, 1.807) is 6.92 Å². The fraction of sp³-hybridized carbons (Fsp3) is 0.940. The highest BCUT2D eigenvalue weighted by Crippen LogP contribution is 2.71. The molecule has 6 aliphatic rings. The highest BCUT2D eigenvalue weighted by Gasteiger charge is 2.68. The Kier molecular flexibility index (Phi) is 18.4. The zero-order chi connectivity index (χ0) is 53.1. The molecule has 21 nitrogen and oxygen atoms in total. The van der Waals surface area contributed by atoms with Gasteiger partial charge in [-0.2, -0.15) is 0 Å². The van der Waals surface area contributed by atoms with Gasteiger partial charge < -0.3 is 100 Å². The number of fused-ring (bicyclic) bond motifs is 3. The van der Waals surface area contributed by atoms with Crippen molar-refractivity contribution in [3.05, 3.63) is 11.6 Å². The second kappa shape index (κ2) is 22.2. The number of allylic oxidation sites excluding steroid dienone is 1. The Morgan fingerprint density at radius 1 is 0.732 bits per heavy atom. The highest BCUT2D eigenvalue weighted by atomic mass is 16.8. The van der Waals surface area contributed by atoms with Crippen LogP contribution in [0.5, 0.6) is 0 Å². The molecule has 0 bridgehead atoms. The number of aliphatic hydroxyl groups excluding tert-OH is 11. The zero-order valence-corrected chi connectivity index (χ0v) is 43.0. The van der Waals surface area contributed by atoms with Crippen LogP contribution in [0.2, 0.25) is 0 Å². The molecule has 6 fully saturated rings. The fourth-order valence-electron chi connectivity index (χ4n) is 14.0. The second-order valence-electron chi connectivity index (χ2n) is 23.8. The van der Waals surface area contributed by atoms with Gasteiger partial charge in [-0.25, -0.2) is 0 Å². The lowest BCUT2D eigenvalue weighted by Crippen LogP contribution is -2.68. The molecule has 0 unspecified atom stereocenters. The number of rotatable bonds is 17. The molecular formula is C50H87NO20. The van der Waals surface area contributed by atoms with E-state index in [0.29, 0.717) is 38.5 Å². The average molecular weight is 1020 g/mol. The maximum atomic E-state index is 12.2. The first-order chi connectivity index (χ1) is 32.8. The van der Waals surface area contributed by atoms with Crippen LogP contribution >= 0.6 is 0 Å². The summed E-state index contributed by atoms with van der Waals surface area (Å²) in [7, 11) is 0. The van der Waals surface area contributed by atoms with E-state index in [1.165, 1.54) is 20.8 Å². The van der Waals surface area contributed by atoms with Crippen molar-refractivity contribution in [1.29, 1.82) is 0 Å². The minimum Gasteiger partial charge on any atom is -0.394 e. The maximum absolute atomic E-state index is 12.2. The van der Waals surface area contributed by atoms with E-state index in [0.717, 1.165) is 18.9 Å². The molecule has 14 N–H and O–H groups in total. The summed E-state index contributed by atoms with van der Waals surface area (Å²) in [4.78, 5) is 12.2. The molecule has 0 aromatic rings. The number of ether oxygens (including phenoxy) is 6. The molecule has 3 aliphatic heterocycles.